The van der Waals surface area contributed by atoms with Crippen molar-refractivity contribution >= 4 is 23.1 Å². The molecule has 1 N–H and O–H groups in total. The van der Waals surface area contributed by atoms with Crippen LogP contribution in [0.1, 0.15) is 23.2 Å². The van der Waals surface area contributed by atoms with Crippen molar-refractivity contribution in [2.75, 3.05) is 30.4 Å². The lowest BCUT2D eigenvalue weighted by atomic mass is 10.1. The molecule has 0 spiro atoms. The summed E-state index contributed by atoms with van der Waals surface area (Å²) in [5, 5.41) is 2.47. The first-order valence-electron chi connectivity index (χ1n) is 6.57. The Bertz CT molecular complexity index is 588. The van der Waals surface area contributed by atoms with Crippen LogP contribution in [0.3, 0.4) is 0 Å². The van der Waals surface area contributed by atoms with Gasteiger partial charge in [-0.1, -0.05) is 0 Å². The summed E-state index contributed by atoms with van der Waals surface area (Å²) in [5.41, 5.74) is 0.896. The van der Waals surface area contributed by atoms with Crippen LogP contribution in [0.25, 0.3) is 0 Å². The van der Waals surface area contributed by atoms with E-state index in [0.29, 0.717) is 17.9 Å². The van der Waals surface area contributed by atoms with Gasteiger partial charge in [-0.2, -0.15) is 0 Å². The summed E-state index contributed by atoms with van der Waals surface area (Å²) in [7, 11) is 1.64. The van der Waals surface area contributed by atoms with Gasteiger partial charge in [0.25, 0.3) is 11.7 Å². The molecule has 2 heterocycles. The number of carbonyl (C=O) groups excluding carboxylic acids is 2. The van der Waals surface area contributed by atoms with Gasteiger partial charge in [0.15, 0.2) is 0 Å². The third-order valence-electron chi connectivity index (χ3n) is 3.84. The van der Waals surface area contributed by atoms with E-state index in [-0.39, 0.29) is 11.7 Å². The van der Waals surface area contributed by atoms with E-state index in [0.717, 1.165) is 25.5 Å². The second-order valence-corrected chi connectivity index (χ2v) is 5.08. The van der Waals surface area contributed by atoms with Gasteiger partial charge in [-0.15, -0.1) is 0 Å². The maximum absolute atomic E-state index is 14.2. The number of Topliss-reactive ketones (excluding diaryl/α,β-unsaturated/α-hetero) is 1. The van der Waals surface area contributed by atoms with Crippen LogP contribution in [-0.4, -0.2) is 38.0 Å². The molecule has 1 unspecified atom stereocenters. The Hall–Kier alpha value is -1.95. The molecular formula is C14H15FN2O3. The predicted molar refractivity (Wildman–Crippen MR) is 71.6 cm³/mol. The molecule has 0 aliphatic carbocycles. The molecule has 0 bridgehead atoms. The van der Waals surface area contributed by atoms with Crippen molar-refractivity contribution in [3.63, 3.8) is 0 Å². The number of halogens is 1. The minimum Gasteiger partial charge on any atom is -0.380 e. The van der Waals surface area contributed by atoms with Crippen LogP contribution in [0, 0.1) is 5.82 Å². The highest BCUT2D eigenvalue weighted by atomic mass is 19.1. The van der Waals surface area contributed by atoms with Crippen molar-refractivity contribution in [2.24, 2.45) is 0 Å². The van der Waals surface area contributed by atoms with E-state index in [1.54, 1.807) is 7.11 Å². The lowest BCUT2D eigenvalue weighted by molar-refractivity contribution is -0.112. The zero-order chi connectivity index (χ0) is 14.3. The van der Waals surface area contributed by atoms with Crippen LogP contribution in [0.5, 0.6) is 0 Å². The molecule has 1 saturated heterocycles. The Morgan fingerprint density at radius 2 is 2.20 bits per heavy atom. The zero-order valence-corrected chi connectivity index (χ0v) is 11.1. The fourth-order valence-corrected chi connectivity index (χ4v) is 2.75. The molecule has 1 fully saturated rings. The predicted octanol–water partition coefficient (Wildman–Crippen LogP) is 1.58. The Labute approximate surface area is 115 Å². The number of anilines is 2. The molecule has 0 aromatic heterocycles. The number of carbonyl (C=O) groups is 2. The summed E-state index contributed by atoms with van der Waals surface area (Å²) >= 11 is 0. The second kappa shape index (κ2) is 4.86. The normalized spacial score (nSPS) is 21.9. The van der Waals surface area contributed by atoms with Gasteiger partial charge in [0, 0.05) is 20.2 Å². The smallest absolute Gasteiger partial charge is 0.296 e. The summed E-state index contributed by atoms with van der Waals surface area (Å²) in [5.74, 6) is -1.87. The summed E-state index contributed by atoms with van der Waals surface area (Å²) in [6.07, 6.45) is 1.95. The number of benzene rings is 1. The lowest BCUT2D eigenvalue weighted by Gasteiger charge is -2.34. The third-order valence-corrected chi connectivity index (χ3v) is 3.84. The lowest BCUT2D eigenvalue weighted by Crippen LogP contribution is -2.39. The monoisotopic (exact) mass is 278 g/mol. The van der Waals surface area contributed by atoms with Crippen molar-refractivity contribution in [3.05, 3.63) is 23.5 Å². The largest absolute Gasteiger partial charge is 0.380 e. The van der Waals surface area contributed by atoms with E-state index in [9.17, 15) is 14.0 Å². The third kappa shape index (κ3) is 2.06. The van der Waals surface area contributed by atoms with Crippen molar-refractivity contribution in [1.29, 1.82) is 0 Å². The molecule has 20 heavy (non-hydrogen) atoms. The molecule has 1 aromatic carbocycles. The Morgan fingerprint density at radius 3 is 2.95 bits per heavy atom. The SMILES string of the molecule is COC1CCCN(c2cc3c(cc2F)C(=O)C(=O)N3)C1. The molecule has 1 amide bonds. The molecule has 1 atom stereocenters. The average molecular weight is 278 g/mol. The Balaban J connectivity index is 1.93. The summed E-state index contributed by atoms with van der Waals surface area (Å²) in [4.78, 5) is 24.7. The van der Waals surface area contributed by atoms with E-state index >= 15 is 0 Å². The molecule has 0 saturated carbocycles. The van der Waals surface area contributed by atoms with Gasteiger partial charge < -0.3 is 15.0 Å². The molecule has 2 aliphatic heterocycles. The summed E-state index contributed by atoms with van der Waals surface area (Å²) < 4.78 is 19.5. The van der Waals surface area contributed by atoms with Gasteiger partial charge in [-0.25, -0.2) is 4.39 Å². The standard InChI is InChI=1S/C14H15FN2O3/c1-20-8-3-2-4-17(7-8)12-6-11-9(5-10(12)15)13(18)14(19)16-11/h5-6,8H,2-4,7H2,1H3,(H,16,18,19). The highest BCUT2D eigenvalue weighted by Gasteiger charge is 2.31. The van der Waals surface area contributed by atoms with Crippen molar-refractivity contribution in [3.8, 4) is 0 Å². The number of ketones is 1. The molecule has 106 valence electrons. The number of nitrogens with zero attached hydrogens (tertiary/aromatic N) is 1. The van der Waals surface area contributed by atoms with Crippen LogP contribution in [0.4, 0.5) is 15.8 Å². The van der Waals surface area contributed by atoms with Crippen LogP contribution in [-0.2, 0) is 9.53 Å². The van der Waals surface area contributed by atoms with Gasteiger partial charge in [-0.05, 0) is 25.0 Å². The number of ether oxygens (including phenoxy) is 1. The van der Waals surface area contributed by atoms with Gasteiger partial charge in [0.2, 0.25) is 0 Å². The maximum Gasteiger partial charge on any atom is 0.296 e. The van der Waals surface area contributed by atoms with E-state index < -0.39 is 17.5 Å². The number of hydrogen-bond acceptors (Lipinski definition) is 4. The number of fused-ring (bicyclic) bond motifs is 1. The number of amides is 1. The molecule has 5 nitrogen and oxygen atoms in total. The highest BCUT2D eigenvalue weighted by Crippen LogP contribution is 2.32. The molecule has 0 radical (unpaired) electrons. The quantitative estimate of drug-likeness (QED) is 0.834. The minimum absolute atomic E-state index is 0.0765. The molecular weight excluding hydrogens is 263 g/mol. The summed E-state index contributed by atoms with van der Waals surface area (Å²) in [6, 6.07) is 2.67. The van der Waals surface area contributed by atoms with Gasteiger partial charge >= 0.3 is 0 Å². The molecule has 2 aliphatic rings. The number of methoxy groups -OCH3 is 1. The number of piperidine rings is 1. The van der Waals surface area contributed by atoms with E-state index in [2.05, 4.69) is 5.32 Å². The van der Waals surface area contributed by atoms with Crippen molar-refractivity contribution in [1.82, 2.24) is 0 Å². The first-order valence-corrected chi connectivity index (χ1v) is 6.57. The minimum atomic E-state index is -0.704. The van der Waals surface area contributed by atoms with Gasteiger partial charge in [0.05, 0.1) is 23.0 Å². The molecule has 1 aromatic rings. The molecule has 6 heteroatoms. The Kier molecular flexibility index (Phi) is 3.17. The Morgan fingerprint density at radius 1 is 1.40 bits per heavy atom. The maximum atomic E-state index is 14.2. The first kappa shape index (κ1) is 13.1. The van der Waals surface area contributed by atoms with Crippen molar-refractivity contribution in [2.45, 2.75) is 18.9 Å². The fourth-order valence-electron chi connectivity index (χ4n) is 2.75. The topological polar surface area (TPSA) is 58.6 Å². The van der Waals surface area contributed by atoms with E-state index in [1.807, 2.05) is 4.90 Å². The average Bonchev–Trinajstić information content (AvgIpc) is 2.73. The highest BCUT2D eigenvalue weighted by molar-refractivity contribution is 6.51. The van der Waals surface area contributed by atoms with Crippen LogP contribution < -0.4 is 10.2 Å². The van der Waals surface area contributed by atoms with Gasteiger partial charge in [0.1, 0.15) is 5.82 Å². The number of nitrogens with one attached hydrogen (secondary N) is 1. The first-order chi connectivity index (χ1) is 9.60. The summed E-state index contributed by atoms with van der Waals surface area (Å²) in [6.45, 7) is 1.34. The van der Waals surface area contributed by atoms with Crippen LogP contribution >= 0.6 is 0 Å². The van der Waals surface area contributed by atoms with Gasteiger partial charge in [-0.3, -0.25) is 9.59 Å². The zero-order valence-electron chi connectivity index (χ0n) is 11.1. The number of hydrogen-bond donors (Lipinski definition) is 1. The number of rotatable bonds is 2. The second-order valence-electron chi connectivity index (χ2n) is 5.08. The molecule has 3 rings (SSSR count). The van der Waals surface area contributed by atoms with Crippen molar-refractivity contribution < 1.29 is 18.7 Å². The van der Waals surface area contributed by atoms with E-state index in [4.69, 9.17) is 4.74 Å². The van der Waals surface area contributed by atoms with Crippen LogP contribution in [0.2, 0.25) is 0 Å². The van der Waals surface area contributed by atoms with Crippen LogP contribution in [0.15, 0.2) is 12.1 Å². The van der Waals surface area contributed by atoms with E-state index in [1.165, 1.54) is 6.07 Å². The fraction of sp³-hybridized carbons (Fsp3) is 0.429.